The van der Waals surface area contributed by atoms with Gasteiger partial charge in [-0.05, 0) is 31.5 Å². The first-order valence-electron chi connectivity index (χ1n) is 10.3. The second-order valence-electron chi connectivity index (χ2n) is 7.75. The molecular weight excluding hydrogens is 415 g/mol. The van der Waals surface area contributed by atoms with Gasteiger partial charge in [0.25, 0.3) is 0 Å². The molecule has 0 aliphatic carbocycles. The summed E-state index contributed by atoms with van der Waals surface area (Å²) in [7, 11) is 0. The lowest BCUT2D eigenvalue weighted by atomic mass is 10.0. The summed E-state index contributed by atoms with van der Waals surface area (Å²) in [5.74, 6) is 0.538. The molecule has 1 aromatic carbocycles. The number of anilines is 3. The maximum absolute atomic E-state index is 14.2. The molecule has 4 rings (SSSR count). The Balaban J connectivity index is 1.70. The molecule has 1 aliphatic rings. The fourth-order valence-corrected chi connectivity index (χ4v) is 3.81. The summed E-state index contributed by atoms with van der Waals surface area (Å²) in [6.07, 6.45) is 1.33. The molecule has 11 heteroatoms. The first kappa shape index (κ1) is 21.6. The van der Waals surface area contributed by atoms with Crippen molar-refractivity contribution >= 4 is 34.5 Å². The summed E-state index contributed by atoms with van der Waals surface area (Å²) in [5.41, 5.74) is 7.64. The van der Waals surface area contributed by atoms with Gasteiger partial charge in [0.05, 0.1) is 11.6 Å². The fraction of sp³-hybridized carbons (Fsp3) is 0.381. The van der Waals surface area contributed by atoms with E-state index in [0.29, 0.717) is 49.0 Å². The number of aliphatic hydroxyl groups is 1. The predicted molar refractivity (Wildman–Crippen MR) is 119 cm³/mol. The number of rotatable bonds is 5. The van der Waals surface area contributed by atoms with Crippen LogP contribution in [0.5, 0.6) is 0 Å². The Hall–Kier alpha value is -3.60. The van der Waals surface area contributed by atoms with Gasteiger partial charge in [-0.3, -0.25) is 4.79 Å². The lowest BCUT2D eigenvalue weighted by Crippen LogP contribution is -2.50. The van der Waals surface area contributed by atoms with Gasteiger partial charge in [0.1, 0.15) is 24.6 Å². The lowest BCUT2D eigenvalue weighted by molar-refractivity contribution is -0.134. The van der Waals surface area contributed by atoms with Gasteiger partial charge in [-0.1, -0.05) is 0 Å². The lowest BCUT2D eigenvalue weighted by Gasteiger charge is -2.36. The van der Waals surface area contributed by atoms with Crippen LogP contribution in [0.4, 0.5) is 22.1 Å². The van der Waals surface area contributed by atoms with E-state index >= 15 is 0 Å². The van der Waals surface area contributed by atoms with Gasteiger partial charge in [-0.15, -0.1) is 0 Å². The first-order valence-corrected chi connectivity index (χ1v) is 10.3. The van der Waals surface area contributed by atoms with Gasteiger partial charge in [0.15, 0.2) is 0 Å². The smallest absolute Gasteiger partial charge is 0.248 e. The number of carbonyl (C=O) groups excluding carboxylic acids is 1. The van der Waals surface area contributed by atoms with Gasteiger partial charge in [0.2, 0.25) is 17.8 Å². The Morgan fingerprint density at radius 2 is 1.97 bits per heavy atom. The van der Waals surface area contributed by atoms with E-state index in [4.69, 9.17) is 15.8 Å². The molecule has 1 saturated heterocycles. The second-order valence-corrected chi connectivity index (χ2v) is 7.75. The molecule has 168 valence electrons. The zero-order valence-corrected chi connectivity index (χ0v) is 17.9. The minimum atomic E-state index is -0.506. The Morgan fingerprint density at radius 1 is 1.22 bits per heavy atom. The van der Waals surface area contributed by atoms with E-state index < -0.39 is 6.61 Å². The minimum Gasteiger partial charge on any atom is -0.387 e. The number of nitrogens with two attached hydrogens (primary N) is 1. The van der Waals surface area contributed by atoms with Gasteiger partial charge in [-0.2, -0.15) is 4.98 Å². The van der Waals surface area contributed by atoms with Crippen LogP contribution in [0.15, 0.2) is 24.5 Å². The van der Waals surface area contributed by atoms with Crippen molar-refractivity contribution in [2.45, 2.75) is 19.9 Å². The second kappa shape index (κ2) is 8.87. The molecule has 0 saturated carbocycles. The molecule has 2 aromatic heterocycles. The van der Waals surface area contributed by atoms with E-state index in [1.54, 1.807) is 17.9 Å². The van der Waals surface area contributed by atoms with Crippen LogP contribution < -0.4 is 16.0 Å². The number of piperazine rings is 1. The number of pyridine rings is 1. The summed E-state index contributed by atoms with van der Waals surface area (Å²) in [6.45, 7) is 5.17. The van der Waals surface area contributed by atoms with Crippen molar-refractivity contribution in [1.82, 2.24) is 24.8 Å². The molecule has 0 spiro atoms. The van der Waals surface area contributed by atoms with Crippen LogP contribution in [-0.2, 0) is 4.79 Å². The van der Waals surface area contributed by atoms with Crippen LogP contribution in [0.3, 0.4) is 0 Å². The summed E-state index contributed by atoms with van der Waals surface area (Å²) in [4.78, 5) is 32.3. The zero-order chi connectivity index (χ0) is 22.8. The third-order valence-corrected chi connectivity index (χ3v) is 5.57. The number of aryl methyl sites for hydroxylation is 1. The molecule has 3 aromatic rings. The number of amides is 1. The van der Waals surface area contributed by atoms with Crippen molar-refractivity contribution < 1.29 is 14.3 Å². The van der Waals surface area contributed by atoms with Crippen LogP contribution in [0.1, 0.15) is 24.1 Å². The number of hydrogen-bond donors (Lipinski definition) is 3. The van der Waals surface area contributed by atoms with Gasteiger partial charge < -0.3 is 26.0 Å². The highest BCUT2D eigenvalue weighted by atomic mass is 19.1. The molecule has 32 heavy (non-hydrogen) atoms. The monoisotopic (exact) mass is 440 g/mol. The van der Waals surface area contributed by atoms with Gasteiger partial charge >= 0.3 is 0 Å². The van der Waals surface area contributed by atoms with E-state index in [9.17, 15) is 9.18 Å². The summed E-state index contributed by atoms with van der Waals surface area (Å²) in [6, 6.07) is 4.95. The zero-order valence-electron chi connectivity index (χ0n) is 17.9. The van der Waals surface area contributed by atoms with Crippen LogP contribution in [0.25, 0.3) is 10.9 Å². The third-order valence-electron chi connectivity index (χ3n) is 5.57. The molecule has 0 radical (unpaired) electrons. The summed E-state index contributed by atoms with van der Waals surface area (Å²) in [5, 5.41) is 13.2. The highest BCUT2D eigenvalue weighted by Gasteiger charge is 2.25. The number of aromatic nitrogens is 4. The van der Waals surface area contributed by atoms with Gasteiger partial charge in [-0.25, -0.2) is 19.3 Å². The number of nitrogens with one attached hydrogen (secondary N) is 1. The molecular formula is C21H25FN8O2. The molecule has 4 N–H and O–H groups in total. The SMILES string of the molecule is Cc1cc2cc(C(C)Nc3ncnc(N)n3)c(N3CCN(C(=O)CO)CC3)nc2cc1F. The molecule has 1 aliphatic heterocycles. The molecule has 3 heterocycles. The number of nitrogen functional groups attached to an aromatic ring is 1. The molecule has 1 fully saturated rings. The number of carbonyl (C=O) groups is 1. The highest BCUT2D eigenvalue weighted by molar-refractivity contribution is 5.83. The minimum absolute atomic E-state index is 0.113. The summed E-state index contributed by atoms with van der Waals surface area (Å²) < 4.78 is 14.2. The average Bonchev–Trinajstić information content (AvgIpc) is 2.78. The topological polar surface area (TPSA) is 133 Å². The Kier molecular flexibility index (Phi) is 5.99. The first-order chi connectivity index (χ1) is 15.4. The predicted octanol–water partition coefficient (Wildman–Crippen LogP) is 1.26. The number of aliphatic hydroxyl groups excluding tert-OH is 1. The number of fused-ring (bicyclic) bond motifs is 1. The molecule has 1 atom stereocenters. The van der Waals surface area contributed by atoms with Crippen LogP contribution >= 0.6 is 0 Å². The molecule has 10 nitrogen and oxygen atoms in total. The van der Waals surface area contributed by atoms with E-state index in [0.717, 1.165) is 10.9 Å². The Morgan fingerprint density at radius 3 is 2.66 bits per heavy atom. The number of nitrogens with zero attached hydrogens (tertiary/aromatic N) is 6. The van der Waals surface area contributed by atoms with Crippen LogP contribution in [-0.4, -0.2) is 68.6 Å². The molecule has 0 bridgehead atoms. The van der Waals surface area contributed by atoms with E-state index in [-0.39, 0.29) is 23.7 Å². The number of halogens is 1. The molecule has 1 unspecified atom stereocenters. The van der Waals surface area contributed by atoms with E-state index in [1.165, 1.54) is 12.4 Å². The quantitative estimate of drug-likeness (QED) is 0.536. The molecule has 1 amide bonds. The van der Waals surface area contributed by atoms with Crippen molar-refractivity contribution in [2.75, 3.05) is 48.7 Å². The van der Waals surface area contributed by atoms with E-state index in [2.05, 4.69) is 25.2 Å². The number of benzene rings is 1. The largest absolute Gasteiger partial charge is 0.387 e. The summed E-state index contributed by atoms with van der Waals surface area (Å²) >= 11 is 0. The number of hydrogen-bond acceptors (Lipinski definition) is 9. The van der Waals surface area contributed by atoms with Crippen LogP contribution in [0.2, 0.25) is 0 Å². The van der Waals surface area contributed by atoms with Crippen LogP contribution in [0, 0.1) is 12.7 Å². The van der Waals surface area contributed by atoms with Gasteiger partial charge in [0, 0.05) is 43.2 Å². The van der Waals surface area contributed by atoms with Crippen molar-refractivity contribution in [1.29, 1.82) is 0 Å². The van der Waals surface area contributed by atoms with Crippen molar-refractivity contribution in [3.8, 4) is 0 Å². The normalized spacial score (nSPS) is 15.1. The fourth-order valence-electron chi connectivity index (χ4n) is 3.81. The Bertz CT molecular complexity index is 1150. The highest BCUT2D eigenvalue weighted by Crippen LogP contribution is 2.31. The van der Waals surface area contributed by atoms with Crippen molar-refractivity contribution in [3.05, 3.63) is 41.5 Å². The van der Waals surface area contributed by atoms with E-state index in [1.807, 2.05) is 13.0 Å². The maximum Gasteiger partial charge on any atom is 0.248 e. The van der Waals surface area contributed by atoms with Crippen molar-refractivity contribution in [2.24, 2.45) is 0 Å². The maximum atomic E-state index is 14.2. The third kappa shape index (κ3) is 4.37. The van der Waals surface area contributed by atoms with Crippen molar-refractivity contribution in [3.63, 3.8) is 0 Å². The average molecular weight is 440 g/mol. The Labute approximate surface area is 184 Å². The standard InChI is InChI=1S/C21H25FN8O2/c1-12-7-14-8-15(13(2)26-21-25-11-24-20(23)28-21)19(27-17(14)9-16(12)22)30-5-3-29(4-6-30)18(32)10-31/h7-9,11,13,31H,3-6,10H2,1-2H3,(H3,23,24,25,26,28).